The van der Waals surface area contributed by atoms with Gasteiger partial charge in [0, 0.05) is 13.7 Å². The van der Waals surface area contributed by atoms with E-state index in [-0.39, 0.29) is 0 Å². The van der Waals surface area contributed by atoms with Crippen LogP contribution in [0.1, 0.15) is 12.8 Å². The van der Waals surface area contributed by atoms with Gasteiger partial charge in [0.15, 0.2) is 0 Å². The molecular weight excluding hydrogens is 162 g/mol. The lowest BCUT2D eigenvalue weighted by Gasteiger charge is -2.01. The molecule has 0 saturated heterocycles. The highest BCUT2D eigenvalue weighted by Crippen LogP contribution is 1.89. The Kier molecular flexibility index (Phi) is 7.78. The third kappa shape index (κ3) is 9.81. The van der Waals surface area contributed by atoms with E-state index < -0.39 is 0 Å². The summed E-state index contributed by atoms with van der Waals surface area (Å²) in [4.78, 5) is 0.556. The van der Waals surface area contributed by atoms with Crippen molar-refractivity contribution < 1.29 is 9.47 Å². The topological polar surface area (TPSA) is 44.5 Å². The minimum Gasteiger partial charge on any atom is -0.393 e. The van der Waals surface area contributed by atoms with Crippen molar-refractivity contribution in [3.63, 3.8) is 0 Å². The van der Waals surface area contributed by atoms with Crippen molar-refractivity contribution in [1.29, 1.82) is 0 Å². The highest BCUT2D eigenvalue weighted by atomic mass is 32.1. The number of methoxy groups -OCH3 is 1. The molecule has 0 aromatic heterocycles. The molecule has 66 valence electrons. The Labute approximate surface area is 72.9 Å². The Morgan fingerprint density at radius 2 is 2.09 bits per heavy atom. The Morgan fingerprint density at radius 3 is 2.64 bits per heavy atom. The Bertz CT molecular complexity index is 109. The van der Waals surface area contributed by atoms with E-state index in [1.165, 1.54) is 0 Å². The predicted octanol–water partition coefficient (Wildman–Crippen LogP) is 0.716. The zero-order valence-electron chi connectivity index (χ0n) is 6.84. The van der Waals surface area contributed by atoms with E-state index in [0.29, 0.717) is 24.8 Å². The van der Waals surface area contributed by atoms with Crippen LogP contribution in [-0.2, 0) is 9.47 Å². The second-order valence-corrected chi connectivity index (χ2v) is 2.70. The molecule has 0 aliphatic heterocycles. The third-order valence-electron chi connectivity index (χ3n) is 1.14. The van der Waals surface area contributed by atoms with E-state index in [9.17, 15) is 0 Å². The predicted molar refractivity (Wildman–Crippen MR) is 48.7 cm³/mol. The van der Waals surface area contributed by atoms with Crippen LogP contribution >= 0.6 is 12.2 Å². The zero-order chi connectivity index (χ0) is 8.53. The van der Waals surface area contributed by atoms with Gasteiger partial charge in [-0.1, -0.05) is 12.2 Å². The molecule has 4 heteroatoms. The molecule has 0 fully saturated rings. The molecule has 2 N–H and O–H groups in total. The molecule has 0 heterocycles. The summed E-state index contributed by atoms with van der Waals surface area (Å²) >= 11 is 4.69. The molecule has 0 unspecified atom stereocenters. The zero-order valence-corrected chi connectivity index (χ0v) is 7.65. The summed E-state index contributed by atoms with van der Waals surface area (Å²) in [6.07, 6.45) is 1.67. The van der Waals surface area contributed by atoms with Crippen LogP contribution in [0.5, 0.6) is 0 Å². The molecule has 11 heavy (non-hydrogen) atoms. The summed E-state index contributed by atoms with van der Waals surface area (Å²) in [5.74, 6) is 0. The number of hydrogen-bond acceptors (Lipinski definition) is 3. The van der Waals surface area contributed by atoms with Crippen LogP contribution in [-0.4, -0.2) is 31.9 Å². The lowest BCUT2D eigenvalue weighted by molar-refractivity contribution is 0.0701. The molecule has 0 aromatic carbocycles. The number of rotatable bonds is 7. The molecule has 3 nitrogen and oxygen atoms in total. The van der Waals surface area contributed by atoms with Crippen molar-refractivity contribution in [1.82, 2.24) is 0 Å². The maximum Gasteiger partial charge on any atom is 0.0728 e. The van der Waals surface area contributed by atoms with Crippen LogP contribution in [0, 0.1) is 0 Å². The first-order valence-corrected chi connectivity index (χ1v) is 4.03. The summed E-state index contributed by atoms with van der Waals surface area (Å²) in [5.41, 5.74) is 5.28. The fourth-order valence-electron chi connectivity index (χ4n) is 0.593. The van der Waals surface area contributed by atoms with E-state index in [4.69, 9.17) is 27.4 Å². The van der Waals surface area contributed by atoms with E-state index in [2.05, 4.69) is 0 Å². The van der Waals surface area contributed by atoms with E-state index >= 15 is 0 Å². The average molecular weight is 177 g/mol. The second-order valence-electron chi connectivity index (χ2n) is 2.18. The maximum absolute atomic E-state index is 5.28. The Hall–Kier alpha value is -0.190. The Morgan fingerprint density at radius 1 is 1.36 bits per heavy atom. The van der Waals surface area contributed by atoms with Crippen LogP contribution in [0.4, 0.5) is 0 Å². The highest BCUT2D eigenvalue weighted by molar-refractivity contribution is 7.80. The lowest BCUT2D eigenvalue weighted by Crippen LogP contribution is -2.09. The fraction of sp³-hybridized carbons (Fsp3) is 0.857. The van der Waals surface area contributed by atoms with Crippen molar-refractivity contribution in [2.24, 2.45) is 5.73 Å². The van der Waals surface area contributed by atoms with Crippen LogP contribution in [0.15, 0.2) is 0 Å². The van der Waals surface area contributed by atoms with E-state index in [1.807, 2.05) is 0 Å². The highest BCUT2D eigenvalue weighted by Gasteiger charge is 1.90. The van der Waals surface area contributed by atoms with Gasteiger partial charge >= 0.3 is 0 Å². The summed E-state index contributed by atoms with van der Waals surface area (Å²) in [5, 5.41) is 0. The lowest BCUT2D eigenvalue weighted by atomic mass is 10.3. The molecule has 0 spiro atoms. The minimum absolute atomic E-state index is 0.556. The van der Waals surface area contributed by atoms with Gasteiger partial charge in [0.25, 0.3) is 0 Å². The van der Waals surface area contributed by atoms with Crippen LogP contribution in [0.25, 0.3) is 0 Å². The third-order valence-corrected chi connectivity index (χ3v) is 1.35. The molecule has 0 rings (SSSR count). The van der Waals surface area contributed by atoms with Crippen LogP contribution in [0.3, 0.4) is 0 Å². The van der Waals surface area contributed by atoms with Gasteiger partial charge in [0.2, 0.25) is 0 Å². The smallest absolute Gasteiger partial charge is 0.0728 e. The van der Waals surface area contributed by atoms with Gasteiger partial charge < -0.3 is 15.2 Å². The molecule has 0 amide bonds. The van der Waals surface area contributed by atoms with Gasteiger partial charge in [0.05, 0.1) is 18.2 Å². The first-order valence-electron chi connectivity index (χ1n) is 3.62. The van der Waals surface area contributed by atoms with Crippen molar-refractivity contribution in [3.05, 3.63) is 0 Å². The molecule has 0 saturated carbocycles. The quantitative estimate of drug-likeness (QED) is 0.459. The normalized spacial score (nSPS) is 9.91. The first kappa shape index (κ1) is 10.8. The monoisotopic (exact) mass is 177 g/mol. The van der Waals surface area contributed by atoms with Crippen LogP contribution in [0.2, 0.25) is 0 Å². The van der Waals surface area contributed by atoms with Gasteiger partial charge in [-0.25, -0.2) is 0 Å². The molecule has 0 atom stereocenters. The molecule has 0 radical (unpaired) electrons. The van der Waals surface area contributed by atoms with E-state index in [0.717, 1.165) is 12.8 Å². The Balaban J connectivity index is 2.85. The van der Waals surface area contributed by atoms with Crippen molar-refractivity contribution in [3.8, 4) is 0 Å². The SMILES string of the molecule is COCCOCCCC(N)=S. The average Bonchev–Trinajstić information content (AvgIpc) is 1.96. The maximum atomic E-state index is 5.28. The molecule has 0 aliphatic carbocycles. The van der Waals surface area contributed by atoms with Crippen molar-refractivity contribution in [2.75, 3.05) is 26.9 Å². The van der Waals surface area contributed by atoms with Gasteiger partial charge in [-0.3, -0.25) is 0 Å². The largest absolute Gasteiger partial charge is 0.393 e. The summed E-state index contributed by atoms with van der Waals surface area (Å²) in [6, 6.07) is 0. The van der Waals surface area contributed by atoms with Gasteiger partial charge in [-0.05, 0) is 12.8 Å². The van der Waals surface area contributed by atoms with Crippen molar-refractivity contribution in [2.45, 2.75) is 12.8 Å². The summed E-state index contributed by atoms with van der Waals surface area (Å²) in [6.45, 7) is 2.00. The summed E-state index contributed by atoms with van der Waals surface area (Å²) < 4.78 is 9.98. The van der Waals surface area contributed by atoms with Crippen molar-refractivity contribution >= 4 is 17.2 Å². The van der Waals surface area contributed by atoms with Crippen LogP contribution < -0.4 is 5.73 Å². The summed E-state index contributed by atoms with van der Waals surface area (Å²) in [7, 11) is 1.65. The van der Waals surface area contributed by atoms with E-state index in [1.54, 1.807) is 7.11 Å². The van der Waals surface area contributed by atoms with Gasteiger partial charge in [0.1, 0.15) is 0 Å². The standard InChI is InChI=1S/C7H15NO2S/c1-9-5-6-10-4-2-3-7(8)11/h2-6H2,1H3,(H2,8,11). The molecule has 0 aromatic rings. The molecular formula is C7H15NO2S. The number of ether oxygens (including phenoxy) is 2. The number of hydrogen-bond donors (Lipinski definition) is 1. The molecule has 0 aliphatic rings. The molecule has 0 bridgehead atoms. The number of nitrogens with two attached hydrogens (primary N) is 1. The van der Waals surface area contributed by atoms with Gasteiger partial charge in [-0.2, -0.15) is 0 Å². The second kappa shape index (κ2) is 7.91. The number of thiocarbonyl (C=S) groups is 1. The fourth-order valence-corrected chi connectivity index (χ4v) is 0.737. The first-order chi connectivity index (χ1) is 5.27. The van der Waals surface area contributed by atoms with Gasteiger partial charge in [-0.15, -0.1) is 0 Å². The minimum atomic E-state index is 0.556.